The second kappa shape index (κ2) is 10.8. The number of anilines is 1. The third-order valence-electron chi connectivity index (χ3n) is 5.59. The summed E-state index contributed by atoms with van der Waals surface area (Å²) in [6.07, 6.45) is 0.538. The zero-order valence-electron chi connectivity index (χ0n) is 19.9. The minimum Gasteiger partial charge on any atom is -0.497 e. The number of rotatable bonds is 5. The SMILES string of the molecule is CC.COc1cc(C)cc(NC(=O)NCc2ccc3c(c2)CN(C2CCC(=O)NC2=O)C3=O)c1. The van der Waals surface area contributed by atoms with E-state index in [4.69, 9.17) is 4.74 Å². The summed E-state index contributed by atoms with van der Waals surface area (Å²) >= 11 is 0. The third-order valence-corrected chi connectivity index (χ3v) is 5.59. The standard InChI is InChI=1S/C23H24N4O5.C2H6/c1-13-7-16(10-17(8-13)32-2)25-23(31)24-11-14-3-4-18-15(9-14)12-27(22(18)30)19-5-6-20(28)26-21(19)29;1-2/h3-4,7-10,19H,5-6,11-12H2,1-2H3,(H2,24,25,31)(H,26,28,29);1-2H3. The van der Waals surface area contributed by atoms with Gasteiger partial charge in [0.1, 0.15) is 11.8 Å². The molecule has 5 amide bonds. The Bertz CT molecular complexity index is 1110. The first-order valence-electron chi connectivity index (χ1n) is 11.3. The van der Waals surface area contributed by atoms with Crippen molar-refractivity contribution < 1.29 is 23.9 Å². The zero-order chi connectivity index (χ0) is 24.8. The predicted octanol–water partition coefficient (Wildman–Crippen LogP) is 3.11. The smallest absolute Gasteiger partial charge is 0.319 e. The number of ether oxygens (including phenoxy) is 1. The highest BCUT2D eigenvalue weighted by Crippen LogP contribution is 2.28. The van der Waals surface area contributed by atoms with Crippen LogP contribution in [0.5, 0.6) is 5.75 Å². The van der Waals surface area contributed by atoms with Crippen molar-refractivity contribution in [3.63, 3.8) is 0 Å². The molecule has 2 aliphatic rings. The van der Waals surface area contributed by atoms with Crippen LogP contribution < -0.4 is 20.7 Å². The molecular formula is C25H30N4O5. The maximum Gasteiger partial charge on any atom is 0.319 e. The summed E-state index contributed by atoms with van der Waals surface area (Å²) in [5.41, 5.74) is 3.75. The number of benzene rings is 2. The predicted molar refractivity (Wildman–Crippen MR) is 127 cm³/mol. The van der Waals surface area contributed by atoms with E-state index >= 15 is 0 Å². The number of carbonyl (C=O) groups is 4. The van der Waals surface area contributed by atoms with Gasteiger partial charge in [-0.1, -0.05) is 26.0 Å². The van der Waals surface area contributed by atoms with Crippen molar-refractivity contribution in [3.8, 4) is 5.75 Å². The van der Waals surface area contributed by atoms with Crippen LogP contribution in [0.2, 0.25) is 0 Å². The molecule has 1 atom stereocenters. The Morgan fingerprint density at radius 1 is 1.15 bits per heavy atom. The molecule has 2 aromatic rings. The highest BCUT2D eigenvalue weighted by Gasteiger charge is 2.39. The first-order chi connectivity index (χ1) is 16.3. The average molecular weight is 467 g/mol. The van der Waals surface area contributed by atoms with Crippen LogP contribution in [0.25, 0.3) is 0 Å². The number of fused-ring (bicyclic) bond motifs is 1. The van der Waals surface area contributed by atoms with Crippen LogP contribution in [-0.2, 0) is 22.7 Å². The first kappa shape index (κ1) is 24.8. The van der Waals surface area contributed by atoms with Gasteiger partial charge in [0.25, 0.3) is 5.91 Å². The Kier molecular flexibility index (Phi) is 7.88. The summed E-state index contributed by atoms with van der Waals surface area (Å²) in [7, 11) is 1.57. The molecule has 4 rings (SSSR count). The van der Waals surface area contributed by atoms with Crippen LogP contribution >= 0.6 is 0 Å². The Morgan fingerprint density at radius 2 is 1.91 bits per heavy atom. The summed E-state index contributed by atoms with van der Waals surface area (Å²) in [6.45, 7) is 6.48. The van der Waals surface area contributed by atoms with E-state index in [9.17, 15) is 19.2 Å². The molecule has 0 aliphatic carbocycles. The van der Waals surface area contributed by atoms with Crippen LogP contribution in [0.15, 0.2) is 36.4 Å². The number of imide groups is 1. The molecule has 0 spiro atoms. The quantitative estimate of drug-likeness (QED) is 0.586. The number of nitrogens with zero attached hydrogens (tertiary/aromatic N) is 1. The largest absolute Gasteiger partial charge is 0.497 e. The number of methoxy groups -OCH3 is 1. The summed E-state index contributed by atoms with van der Waals surface area (Å²) in [4.78, 5) is 50.1. The number of aryl methyl sites for hydroxylation is 1. The molecule has 1 saturated heterocycles. The van der Waals surface area contributed by atoms with E-state index in [0.29, 0.717) is 30.0 Å². The van der Waals surface area contributed by atoms with Crippen LogP contribution in [0.3, 0.4) is 0 Å². The molecule has 1 fully saturated rings. The Hall–Kier alpha value is -3.88. The van der Waals surface area contributed by atoms with Crippen molar-refractivity contribution in [1.29, 1.82) is 0 Å². The molecule has 2 aliphatic heterocycles. The van der Waals surface area contributed by atoms with Crippen molar-refractivity contribution in [3.05, 3.63) is 58.7 Å². The van der Waals surface area contributed by atoms with Crippen molar-refractivity contribution in [2.75, 3.05) is 12.4 Å². The number of piperidine rings is 1. The number of carbonyl (C=O) groups excluding carboxylic acids is 4. The fraction of sp³-hybridized carbons (Fsp3) is 0.360. The van der Waals surface area contributed by atoms with Crippen molar-refractivity contribution in [2.24, 2.45) is 0 Å². The minimum atomic E-state index is -0.647. The second-order valence-electron chi connectivity index (χ2n) is 7.94. The van der Waals surface area contributed by atoms with Gasteiger partial charge in [-0.25, -0.2) is 4.79 Å². The summed E-state index contributed by atoms with van der Waals surface area (Å²) < 4.78 is 5.22. The van der Waals surface area contributed by atoms with Gasteiger partial charge in [0.15, 0.2) is 0 Å². The van der Waals surface area contributed by atoms with Crippen molar-refractivity contribution >= 4 is 29.4 Å². The number of hydrogen-bond acceptors (Lipinski definition) is 5. The van der Waals surface area contributed by atoms with Gasteiger partial charge in [-0.2, -0.15) is 0 Å². The Labute approximate surface area is 198 Å². The molecule has 34 heavy (non-hydrogen) atoms. The summed E-state index contributed by atoms with van der Waals surface area (Å²) in [5, 5.41) is 7.88. The lowest BCUT2D eigenvalue weighted by Gasteiger charge is -2.29. The molecule has 2 heterocycles. The lowest BCUT2D eigenvalue weighted by atomic mass is 10.0. The zero-order valence-corrected chi connectivity index (χ0v) is 19.9. The van der Waals surface area contributed by atoms with Crippen LogP contribution in [0.4, 0.5) is 10.5 Å². The third kappa shape index (κ3) is 5.54. The topological polar surface area (TPSA) is 117 Å². The van der Waals surface area contributed by atoms with E-state index < -0.39 is 11.9 Å². The Balaban J connectivity index is 0.00000158. The molecule has 9 heteroatoms. The summed E-state index contributed by atoms with van der Waals surface area (Å²) in [6, 6.07) is 9.78. The maximum atomic E-state index is 12.8. The van der Waals surface area contributed by atoms with E-state index in [-0.39, 0.29) is 30.8 Å². The highest BCUT2D eigenvalue weighted by molar-refractivity contribution is 6.05. The maximum absolute atomic E-state index is 12.8. The van der Waals surface area contributed by atoms with Gasteiger partial charge in [0, 0.05) is 36.8 Å². The molecule has 9 nitrogen and oxygen atoms in total. The first-order valence-corrected chi connectivity index (χ1v) is 11.3. The van der Waals surface area contributed by atoms with Gasteiger partial charge >= 0.3 is 6.03 Å². The second-order valence-corrected chi connectivity index (χ2v) is 7.94. The van der Waals surface area contributed by atoms with Gasteiger partial charge in [-0.3, -0.25) is 19.7 Å². The average Bonchev–Trinajstić information content (AvgIpc) is 3.14. The van der Waals surface area contributed by atoms with E-state index in [1.807, 2.05) is 39.0 Å². The lowest BCUT2D eigenvalue weighted by molar-refractivity contribution is -0.136. The van der Waals surface area contributed by atoms with Crippen LogP contribution in [0, 0.1) is 6.92 Å². The molecular weight excluding hydrogens is 436 g/mol. The molecule has 0 bridgehead atoms. The molecule has 0 aromatic heterocycles. The lowest BCUT2D eigenvalue weighted by Crippen LogP contribution is -2.52. The number of nitrogens with one attached hydrogen (secondary N) is 3. The fourth-order valence-electron chi connectivity index (χ4n) is 4.03. The van der Waals surface area contributed by atoms with Crippen molar-refractivity contribution in [1.82, 2.24) is 15.5 Å². The molecule has 3 N–H and O–H groups in total. The molecule has 0 radical (unpaired) electrons. The van der Waals surface area contributed by atoms with Crippen LogP contribution in [-0.4, -0.2) is 41.8 Å². The molecule has 180 valence electrons. The molecule has 2 aromatic carbocycles. The number of amides is 5. The number of urea groups is 1. The van der Waals surface area contributed by atoms with Gasteiger partial charge in [-0.05, 0) is 48.2 Å². The van der Waals surface area contributed by atoms with Crippen LogP contribution in [0.1, 0.15) is 53.7 Å². The van der Waals surface area contributed by atoms with E-state index in [2.05, 4.69) is 16.0 Å². The number of hydrogen-bond donors (Lipinski definition) is 3. The van der Waals surface area contributed by atoms with Gasteiger partial charge in [0.05, 0.1) is 7.11 Å². The molecule has 0 saturated carbocycles. The molecule has 1 unspecified atom stereocenters. The normalized spacial score (nSPS) is 16.8. The van der Waals surface area contributed by atoms with Gasteiger partial charge in [-0.15, -0.1) is 0 Å². The minimum absolute atomic E-state index is 0.216. The Morgan fingerprint density at radius 3 is 2.62 bits per heavy atom. The van der Waals surface area contributed by atoms with E-state index in [1.54, 1.807) is 25.3 Å². The summed E-state index contributed by atoms with van der Waals surface area (Å²) in [5.74, 6) is -0.316. The van der Waals surface area contributed by atoms with Gasteiger partial charge < -0.3 is 20.3 Å². The monoisotopic (exact) mass is 466 g/mol. The fourth-order valence-corrected chi connectivity index (χ4v) is 4.03. The highest BCUT2D eigenvalue weighted by atomic mass is 16.5. The van der Waals surface area contributed by atoms with Crippen molar-refractivity contribution in [2.45, 2.75) is 52.7 Å². The van der Waals surface area contributed by atoms with E-state index in [1.165, 1.54) is 4.90 Å². The van der Waals surface area contributed by atoms with Gasteiger partial charge in [0.2, 0.25) is 11.8 Å². The van der Waals surface area contributed by atoms with E-state index in [0.717, 1.165) is 16.7 Å².